The SMILES string of the molecule is CC(C)(C)OC(=O)N1CC2(C[C@H](N3CCC(c4cc(F)ccc4C4=CCOC4)CC3)CO2)C1.CC(C)(C)OC(=O)N1CC2(C[C@H](N3CCC(c4cc(F)ccc4C4CCOC4)CC3)CO2)C1. The summed E-state index contributed by atoms with van der Waals surface area (Å²) in [5.74, 6) is 0.849. The molecule has 2 aromatic carbocycles. The van der Waals surface area contributed by atoms with Crippen molar-refractivity contribution in [2.24, 2.45) is 0 Å². The van der Waals surface area contributed by atoms with E-state index in [1.54, 1.807) is 34.1 Å². The van der Waals surface area contributed by atoms with Gasteiger partial charge in [-0.3, -0.25) is 9.80 Å². The molecule has 2 amide bonds. The van der Waals surface area contributed by atoms with Crippen molar-refractivity contribution in [3.05, 3.63) is 76.4 Å². The first-order valence-corrected chi connectivity index (χ1v) is 24.6. The lowest BCUT2D eigenvalue weighted by Crippen LogP contribution is -2.64. The number of hydrogen-bond donors (Lipinski definition) is 0. The number of likely N-dealkylation sites (tertiary alicyclic amines) is 4. The second-order valence-electron chi connectivity index (χ2n) is 22.3. The molecule has 8 aliphatic rings. The van der Waals surface area contributed by atoms with Crippen LogP contribution in [0.15, 0.2) is 42.5 Å². The van der Waals surface area contributed by atoms with E-state index in [2.05, 4.69) is 15.9 Å². The van der Waals surface area contributed by atoms with Crippen LogP contribution in [0.1, 0.15) is 126 Å². The van der Waals surface area contributed by atoms with E-state index in [1.807, 2.05) is 53.7 Å². The Morgan fingerprint density at radius 2 is 1.12 bits per heavy atom. The number of ether oxygens (including phenoxy) is 6. The minimum Gasteiger partial charge on any atom is -0.444 e. The third-order valence-electron chi connectivity index (χ3n) is 15.1. The molecule has 66 heavy (non-hydrogen) atoms. The molecular weight excluding hydrogens is 847 g/mol. The Bertz CT molecular complexity index is 2090. The molecule has 12 nitrogen and oxygen atoms in total. The molecule has 14 heteroatoms. The Hall–Kier alpha value is -3.66. The van der Waals surface area contributed by atoms with Gasteiger partial charge in [0.2, 0.25) is 0 Å². The Morgan fingerprint density at radius 1 is 0.621 bits per heavy atom. The smallest absolute Gasteiger partial charge is 0.410 e. The zero-order chi connectivity index (χ0) is 46.4. The summed E-state index contributed by atoms with van der Waals surface area (Å²) in [4.78, 5) is 33.1. The number of halogens is 2. The van der Waals surface area contributed by atoms with E-state index in [9.17, 15) is 18.4 Å². The normalized spacial score (nSPS) is 27.1. The molecule has 2 spiro atoms. The average molecular weight is 919 g/mol. The van der Waals surface area contributed by atoms with Crippen LogP contribution < -0.4 is 0 Å². The van der Waals surface area contributed by atoms with Crippen molar-refractivity contribution in [2.45, 2.75) is 139 Å². The number of piperidine rings is 2. The Morgan fingerprint density at radius 3 is 1.59 bits per heavy atom. The molecule has 7 saturated heterocycles. The van der Waals surface area contributed by atoms with Gasteiger partial charge in [0, 0.05) is 24.6 Å². The molecule has 0 bridgehead atoms. The van der Waals surface area contributed by atoms with Crippen molar-refractivity contribution in [1.29, 1.82) is 0 Å². The molecule has 0 saturated carbocycles. The maximum absolute atomic E-state index is 14.1. The number of hydrogen-bond acceptors (Lipinski definition) is 10. The molecule has 0 aliphatic carbocycles. The largest absolute Gasteiger partial charge is 0.444 e. The van der Waals surface area contributed by atoms with E-state index in [1.165, 1.54) is 16.7 Å². The van der Waals surface area contributed by atoms with Gasteiger partial charge in [0.15, 0.2) is 0 Å². The molecule has 1 unspecified atom stereocenters. The molecule has 8 heterocycles. The maximum atomic E-state index is 14.1. The van der Waals surface area contributed by atoms with Gasteiger partial charge in [0.25, 0.3) is 0 Å². The first-order chi connectivity index (χ1) is 31.4. The lowest BCUT2D eigenvalue weighted by molar-refractivity contribution is -0.109. The highest BCUT2D eigenvalue weighted by Gasteiger charge is 2.54. The first kappa shape index (κ1) is 47.4. The summed E-state index contributed by atoms with van der Waals surface area (Å²) >= 11 is 0. The molecule has 7 fully saturated rings. The summed E-state index contributed by atoms with van der Waals surface area (Å²) in [7, 11) is 0. The van der Waals surface area contributed by atoms with Crippen molar-refractivity contribution < 1.29 is 46.8 Å². The first-order valence-electron chi connectivity index (χ1n) is 24.6. The van der Waals surface area contributed by atoms with Gasteiger partial charge in [-0.05, 0) is 177 Å². The molecule has 10 rings (SSSR count). The number of benzene rings is 2. The summed E-state index contributed by atoms with van der Waals surface area (Å²) in [6.07, 6.45) is 8.65. The van der Waals surface area contributed by atoms with Crippen LogP contribution >= 0.6 is 0 Å². The quantitative estimate of drug-likeness (QED) is 0.281. The van der Waals surface area contributed by atoms with Gasteiger partial charge in [0.1, 0.15) is 34.0 Å². The number of carbonyl (C=O) groups is 2. The molecule has 8 aliphatic heterocycles. The van der Waals surface area contributed by atoms with Crippen LogP contribution in [0.4, 0.5) is 18.4 Å². The van der Waals surface area contributed by atoms with Crippen molar-refractivity contribution in [3.63, 3.8) is 0 Å². The zero-order valence-corrected chi connectivity index (χ0v) is 40.1. The topological polar surface area (TPSA) is 102 Å². The van der Waals surface area contributed by atoms with Crippen LogP contribution in [-0.2, 0) is 28.4 Å². The van der Waals surface area contributed by atoms with E-state index >= 15 is 0 Å². The van der Waals surface area contributed by atoms with Crippen LogP contribution in [0.25, 0.3) is 5.57 Å². The zero-order valence-electron chi connectivity index (χ0n) is 40.1. The standard InChI is InChI=1S/C26H37FN2O4.C26H35FN2O4/c2*1-25(2,3)33-24(30)29-16-26(17-29)13-21(15-32-26)28-9-6-18(7-10-28)23-12-20(27)4-5-22(23)19-8-11-31-14-19/h4-5,12,18-19,21H,6-11,13-17H2,1-3H3;4-5,8,12,18,21H,6-7,9-11,13-17H2,1-3H3/t19?,21-;21-/m00/s1. The van der Waals surface area contributed by atoms with Crippen molar-refractivity contribution in [2.75, 3.05) is 92.0 Å². The lowest BCUT2D eigenvalue weighted by atomic mass is 9.81. The highest BCUT2D eigenvalue weighted by molar-refractivity contribution is 5.71. The minimum absolute atomic E-state index is 0.138. The van der Waals surface area contributed by atoms with Gasteiger partial charge in [-0.15, -0.1) is 0 Å². The van der Waals surface area contributed by atoms with Crippen molar-refractivity contribution >= 4 is 17.8 Å². The summed E-state index contributed by atoms with van der Waals surface area (Å²) in [5.41, 5.74) is 4.54. The number of amides is 2. The predicted octanol–water partition coefficient (Wildman–Crippen LogP) is 8.48. The van der Waals surface area contributed by atoms with Crippen LogP contribution in [0, 0.1) is 11.6 Å². The second kappa shape index (κ2) is 19.0. The van der Waals surface area contributed by atoms with Gasteiger partial charge < -0.3 is 38.2 Å². The minimum atomic E-state index is -0.480. The van der Waals surface area contributed by atoms with E-state index in [0.29, 0.717) is 75.8 Å². The van der Waals surface area contributed by atoms with Gasteiger partial charge in [0.05, 0.1) is 59.2 Å². The Kier molecular flexibility index (Phi) is 13.7. The van der Waals surface area contributed by atoms with Gasteiger partial charge in [-0.1, -0.05) is 18.2 Å². The van der Waals surface area contributed by atoms with Crippen LogP contribution in [0.2, 0.25) is 0 Å². The van der Waals surface area contributed by atoms with Gasteiger partial charge in [-0.2, -0.15) is 0 Å². The average Bonchev–Trinajstić information content (AvgIpc) is 4.10. The van der Waals surface area contributed by atoms with Crippen LogP contribution in [0.3, 0.4) is 0 Å². The number of carbonyl (C=O) groups excluding carboxylic acids is 2. The number of nitrogens with zero attached hydrogens (tertiary/aromatic N) is 4. The fourth-order valence-electron chi connectivity index (χ4n) is 11.7. The molecule has 0 aromatic heterocycles. The van der Waals surface area contributed by atoms with Crippen LogP contribution in [-0.4, -0.2) is 158 Å². The highest BCUT2D eigenvalue weighted by Crippen LogP contribution is 2.43. The summed E-state index contributed by atoms with van der Waals surface area (Å²) < 4.78 is 62.7. The second-order valence-corrected chi connectivity index (χ2v) is 22.3. The lowest BCUT2D eigenvalue weighted by Gasteiger charge is -2.47. The van der Waals surface area contributed by atoms with E-state index in [0.717, 1.165) is 102 Å². The molecule has 3 atom stereocenters. The third kappa shape index (κ3) is 10.8. The molecule has 2 aromatic rings. The summed E-state index contributed by atoms with van der Waals surface area (Å²) in [5, 5.41) is 0. The van der Waals surface area contributed by atoms with E-state index in [-0.39, 0.29) is 35.0 Å². The van der Waals surface area contributed by atoms with E-state index in [4.69, 9.17) is 28.4 Å². The molecule has 362 valence electrons. The van der Waals surface area contributed by atoms with Gasteiger partial charge in [-0.25, -0.2) is 18.4 Å². The highest BCUT2D eigenvalue weighted by atomic mass is 19.1. The number of rotatable bonds is 6. The fraction of sp³-hybridized carbons (Fsp3) is 0.692. The fourth-order valence-corrected chi connectivity index (χ4v) is 11.7. The van der Waals surface area contributed by atoms with E-state index < -0.39 is 11.2 Å². The van der Waals surface area contributed by atoms with Crippen molar-refractivity contribution in [3.8, 4) is 0 Å². The molecular formula is C52H72F2N4O8. The van der Waals surface area contributed by atoms with Crippen molar-refractivity contribution in [1.82, 2.24) is 19.6 Å². The van der Waals surface area contributed by atoms with Crippen LogP contribution in [0.5, 0.6) is 0 Å². The molecule has 0 N–H and O–H groups in total. The van der Waals surface area contributed by atoms with Gasteiger partial charge >= 0.3 is 12.2 Å². The molecule has 0 radical (unpaired) electrons. The Balaban J connectivity index is 0.000000166. The predicted molar refractivity (Wildman–Crippen MR) is 247 cm³/mol. The summed E-state index contributed by atoms with van der Waals surface area (Å²) in [6, 6.07) is 11.3. The monoisotopic (exact) mass is 919 g/mol. The summed E-state index contributed by atoms with van der Waals surface area (Å²) in [6.45, 7) is 22.0. The third-order valence-corrected chi connectivity index (χ3v) is 15.1. The Labute approximate surface area is 390 Å². The maximum Gasteiger partial charge on any atom is 0.410 e.